The van der Waals surface area contributed by atoms with Gasteiger partial charge in [0.05, 0.1) is 23.3 Å². The Balaban J connectivity index is 1.64. The maximum absolute atomic E-state index is 12.5. The lowest BCUT2D eigenvalue weighted by Gasteiger charge is -2.22. The lowest BCUT2D eigenvalue weighted by Crippen LogP contribution is -2.42. The normalized spacial score (nSPS) is 15.7. The summed E-state index contributed by atoms with van der Waals surface area (Å²) >= 11 is 5.82. The Morgan fingerprint density at radius 1 is 1.04 bits per heavy atom. The molecule has 1 unspecified atom stereocenters. The summed E-state index contributed by atoms with van der Waals surface area (Å²) in [5.41, 5.74) is 1.30. The van der Waals surface area contributed by atoms with Crippen molar-refractivity contribution in [3.63, 3.8) is 0 Å². The molecule has 0 saturated heterocycles. The average molecular weight is 372 g/mol. The predicted molar refractivity (Wildman–Crippen MR) is 97.1 cm³/mol. The van der Waals surface area contributed by atoms with Crippen molar-refractivity contribution in [2.75, 3.05) is 0 Å². The number of halogens is 1. The van der Waals surface area contributed by atoms with Crippen molar-refractivity contribution in [1.29, 1.82) is 0 Å². The quantitative estimate of drug-likeness (QED) is 0.789. The molecule has 0 bridgehead atoms. The predicted octanol–water partition coefficient (Wildman–Crippen LogP) is 3.41. The molecular formula is C20H18ClNO4. The number of aliphatic hydroxyl groups is 1. The fourth-order valence-corrected chi connectivity index (χ4v) is 3.17. The molecule has 6 heteroatoms. The van der Waals surface area contributed by atoms with Gasteiger partial charge in [0.25, 0.3) is 11.8 Å². The van der Waals surface area contributed by atoms with E-state index in [1.807, 2.05) is 0 Å². The minimum Gasteiger partial charge on any atom is -0.388 e. The first-order valence-corrected chi connectivity index (χ1v) is 8.71. The zero-order valence-corrected chi connectivity index (χ0v) is 14.9. The molecule has 134 valence electrons. The largest absolute Gasteiger partial charge is 0.388 e. The number of imide groups is 1. The molecule has 2 atom stereocenters. The molecule has 1 N–H and O–H groups in total. The monoisotopic (exact) mass is 371 g/mol. The Morgan fingerprint density at radius 3 is 2.12 bits per heavy atom. The van der Waals surface area contributed by atoms with Crippen molar-refractivity contribution in [2.24, 2.45) is 0 Å². The van der Waals surface area contributed by atoms with Gasteiger partial charge in [0.1, 0.15) is 0 Å². The summed E-state index contributed by atoms with van der Waals surface area (Å²) in [5, 5.41) is 10.8. The van der Waals surface area contributed by atoms with E-state index in [1.54, 1.807) is 55.5 Å². The van der Waals surface area contributed by atoms with E-state index < -0.39 is 24.0 Å². The molecule has 2 amide bonds. The van der Waals surface area contributed by atoms with Crippen molar-refractivity contribution in [3.8, 4) is 0 Å². The van der Waals surface area contributed by atoms with E-state index in [-0.39, 0.29) is 18.6 Å². The fourth-order valence-electron chi connectivity index (χ4n) is 3.04. The maximum atomic E-state index is 12.5. The van der Waals surface area contributed by atoms with Crippen LogP contribution >= 0.6 is 11.6 Å². The minimum absolute atomic E-state index is 0.0539. The maximum Gasteiger partial charge on any atom is 0.262 e. The molecule has 26 heavy (non-hydrogen) atoms. The molecule has 0 fully saturated rings. The highest BCUT2D eigenvalue weighted by molar-refractivity contribution is 6.30. The van der Waals surface area contributed by atoms with E-state index in [0.29, 0.717) is 21.7 Å². The molecule has 1 aliphatic heterocycles. The second kappa shape index (κ2) is 7.40. The van der Waals surface area contributed by atoms with Crippen LogP contribution in [0.3, 0.4) is 0 Å². The third kappa shape index (κ3) is 3.41. The van der Waals surface area contributed by atoms with Crippen LogP contribution in [0.5, 0.6) is 0 Å². The fraction of sp³-hybridized carbons (Fsp3) is 0.250. The highest BCUT2D eigenvalue weighted by Crippen LogP contribution is 2.26. The molecular weight excluding hydrogens is 354 g/mol. The smallest absolute Gasteiger partial charge is 0.262 e. The van der Waals surface area contributed by atoms with Gasteiger partial charge in [-0.2, -0.15) is 0 Å². The topological polar surface area (TPSA) is 74.7 Å². The van der Waals surface area contributed by atoms with Crippen molar-refractivity contribution >= 4 is 29.2 Å². The van der Waals surface area contributed by atoms with Gasteiger partial charge in [-0.05, 0) is 43.2 Å². The molecule has 0 radical (unpaired) electrons. The molecule has 0 aliphatic carbocycles. The van der Waals surface area contributed by atoms with E-state index in [4.69, 9.17) is 11.6 Å². The lowest BCUT2D eigenvalue weighted by molar-refractivity contribution is -0.123. The zero-order valence-electron chi connectivity index (χ0n) is 14.2. The van der Waals surface area contributed by atoms with Crippen molar-refractivity contribution < 1.29 is 19.5 Å². The number of hydrogen-bond acceptors (Lipinski definition) is 4. The van der Waals surface area contributed by atoms with E-state index in [1.165, 1.54) is 0 Å². The zero-order chi connectivity index (χ0) is 18.8. The summed E-state index contributed by atoms with van der Waals surface area (Å²) in [4.78, 5) is 38.4. The lowest BCUT2D eigenvalue weighted by atomic mass is 10.0. The van der Waals surface area contributed by atoms with E-state index >= 15 is 0 Å². The molecule has 2 aromatic rings. The summed E-state index contributed by atoms with van der Waals surface area (Å²) in [6.07, 6.45) is -0.558. The van der Waals surface area contributed by atoms with Crippen molar-refractivity contribution in [3.05, 3.63) is 70.2 Å². The molecule has 0 saturated carbocycles. The molecule has 5 nitrogen and oxygen atoms in total. The van der Waals surface area contributed by atoms with Gasteiger partial charge < -0.3 is 5.11 Å². The number of hydrogen-bond donors (Lipinski definition) is 1. The first kappa shape index (κ1) is 18.3. The minimum atomic E-state index is -0.875. The van der Waals surface area contributed by atoms with Gasteiger partial charge in [-0.15, -0.1) is 0 Å². The van der Waals surface area contributed by atoms with Crippen LogP contribution < -0.4 is 0 Å². The van der Waals surface area contributed by atoms with Gasteiger partial charge in [0, 0.05) is 11.4 Å². The average Bonchev–Trinajstić information content (AvgIpc) is 2.90. The summed E-state index contributed by atoms with van der Waals surface area (Å²) in [7, 11) is 0. The summed E-state index contributed by atoms with van der Waals surface area (Å²) < 4.78 is 0. The van der Waals surface area contributed by atoms with Crippen LogP contribution in [0.15, 0.2) is 48.5 Å². The number of aliphatic hydroxyl groups excluding tert-OH is 1. The Labute approximate surface area is 156 Å². The standard InChI is InChI=1S/C20H18ClNO4/c1-12(22-19(25)15-4-2-3-5-16(15)20(22)26)17(23)10-11-18(24)13-6-8-14(21)9-7-13/h2-9,12,18,24H,10-11H2,1H3/t12-,18?/m0/s1. The number of carbonyl (C=O) groups excluding carboxylic acids is 3. The van der Waals surface area contributed by atoms with E-state index in [2.05, 4.69) is 0 Å². The molecule has 3 rings (SSSR count). The molecule has 1 aliphatic rings. The van der Waals surface area contributed by atoms with Gasteiger partial charge in [-0.3, -0.25) is 19.3 Å². The first-order valence-electron chi connectivity index (χ1n) is 8.33. The van der Waals surface area contributed by atoms with Gasteiger partial charge in [-0.25, -0.2) is 0 Å². The number of nitrogens with zero attached hydrogens (tertiary/aromatic N) is 1. The highest BCUT2D eigenvalue weighted by atomic mass is 35.5. The summed E-state index contributed by atoms with van der Waals surface area (Å²) in [5.74, 6) is -1.18. The van der Waals surface area contributed by atoms with E-state index in [9.17, 15) is 19.5 Å². The number of fused-ring (bicyclic) bond motifs is 1. The Bertz CT molecular complexity index is 827. The van der Waals surface area contributed by atoms with Gasteiger partial charge >= 0.3 is 0 Å². The van der Waals surface area contributed by atoms with E-state index in [0.717, 1.165) is 4.90 Å². The van der Waals surface area contributed by atoms with Crippen molar-refractivity contribution in [2.45, 2.75) is 31.9 Å². The number of rotatable bonds is 6. The van der Waals surface area contributed by atoms with Crippen LogP contribution in [0.2, 0.25) is 5.02 Å². The van der Waals surface area contributed by atoms with Gasteiger partial charge in [-0.1, -0.05) is 35.9 Å². The Kier molecular flexibility index (Phi) is 5.20. The van der Waals surface area contributed by atoms with Gasteiger partial charge in [0.15, 0.2) is 5.78 Å². The second-order valence-electron chi connectivity index (χ2n) is 6.27. The van der Waals surface area contributed by atoms with Crippen LogP contribution in [0.25, 0.3) is 0 Å². The second-order valence-corrected chi connectivity index (χ2v) is 6.71. The van der Waals surface area contributed by atoms with Crippen LogP contribution in [0.4, 0.5) is 0 Å². The Morgan fingerprint density at radius 2 is 1.58 bits per heavy atom. The van der Waals surface area contributed by atoms with Crippen LogP contribution in [0, 0.1) is 0 Å². The number of amides is 2. The van der Waals surface area contributed by atoms with Gasteiger partial charge in [0.2, 0.25) is 0 Å². The summed E-state index contributed by atoms with van der Waals surface area (Å²) in [6.45, 7) is 1.54. The highest BCUT2D eigenvalue weighted by Gasteiger charge is 2.40. The van der Waals surface area contributed by atoms with Crippen molar-refractivity contribution in [1.82, 2.24) is 4.90 Å². The number of ketones is 1. The number of benzene rings is 2. The molecule has 0 spiro atoms. The number of Topliss-reactive ketones (excluding diaryl/α,β-unsaturated/α-hetero) is 1. The molecule has 1 heterocycles. The molecule has 0 aromatic heterocycles. The Hall–Kier alpha value is -2.50. The molecule has 2 aromatic carbocycles. The van der Waals surface area contributed by atoms with Crippen LogP contribution in [0.1, 0.15) is 52.1 Å². The third-order valence-electron chi connectivity index (χ3n) is 4.60. The first-order chi connectivity index (χ1) is 12.4. The SMILES string of the molecule is C[C@@H](C(=O)CCC(O)c1ccc(Cl)cc1)N1C(=O)c2ccccc2C1=O. The third-order valence-corrected chi connectivity index (χ3v) is 4.85. The number of carbonyl (C=O) groups is 3. The van der Waals surface area contributed by atoms with Crippen LogP contribution in [-0.4, -0.2) is 33.6 Å². The van der Waals surface area contributed by atoms with Crippen LogP contribution in [-0.2, 0) is 4.79 Å². The summed E-state index contributed by atoms with van der Waals surface area (Å²) in [6, 6.07) is 12.4.